The number of nitrogens with one attached hydrogen (secondary N) is 3. The highest BCUT2D eigenvalue weighted by molar-refractivity contribution is 6.34. The highest BCUT2D eigenvalue weighted by Gasteiger charge is 2.26. The van der Waals surface area contributed by atoms with Gasteiger partial charge in [-0.2, -0.15) is 0 Å². The van der Waals surface area contributed by atoms with Crippen molar-refractivity contribution >= 4 is 47.0 Å². The zero-order valence-electron chi connectivity index (χ0n) is 20.8. The Labute approximate surface area is 235 Å². The molecule has 0 saturated heterocycles. The molecule has 3 aromatic rings. The minimum Gasteiger partial charge on any atom is -0.481 e. The van der Waals surface area contributed by atoms with Crippen LogP contribution in [0.5, 0.6) is 0 Å². The van der Waals surface area contributed by atoms with E-state index in [2.05, 4.69) is 20.9 Å². The Hall–Kier alpha value is -3.86. The first-order valence-electron chi connectivity index (χ1n) is 12.0. The molecular weight excluding hydrogens is 547 g/mol. The number of rotatable bonds is 14. The van der Waals surface area contributed by atoms with Crippen LogP contribution >= 0.6 is 23.2 Å². The fourth-order valence-electron chi connectivity index (χ4n) is 3.50. The van der Waals surface area contributed by atoms with Gasteiger partial charge < -0.3 is 30.5 Å². The number of alkyl carbamates (subject to hydrolysis) is 1. The van der Waals surface area contributed by atoms with Gasteiger partial charge in [0, 0.05) is 16.2 Å². The van der Waals surface area contributed by atoms with Gasteiger partial charge in [0.15, 0.2) is 0 Å². The molecule has 0 aliphatic heterocycles. The largest absolute Gasteiger partial charge is 0.481 e. The summed E-state index contributed by atoms with van der Waals surface area (Å²) in [6.07, 6.45) is 0.342. The van der Waals surface area contributed by atoms with Gasteiger partial charge in [-0.05, 0) is 41.5 Å². The van der Waals surface area contributed by atoms with Gasteiger partial charge in [0.2, 0.25) is 5.91 Å². The summed E-state index contributed by atoms with van der Waals surface area (Å²) in [5.41, 5.74) is 1.27. The van der Waals surface area contributed by atoms with Crippen molar-refractivity contribution in [3.8, 4) is 0 Å². The lowest BCUT2D eigenvalue weighted by atomic mass is 10.0. The molecule has 0 aliphatic carbocycles. The number of pyridine rings is 1. The van der Waals surface area contributed by atoms with Crippen LogP contribution in [0.2, 0.25) is 10.0 Å². The van der Waals surface area contributed by atoms with E-state index in [9.17, 15) is 19.5 Å². The number of carboxylic acid groups (broad SMARTS) is 1. The van der Waals surface area contributed by atoms with Gasteiger partial charge in [0.1, 0.15) is 18.5 Å². The highest BCUT2D eigenvalue weighted by Crippen LogP contribution is 2.25. The van der Waals surface area contributed by atoms with E-state index in [0.717, 1.165) is 5.56 Å². The van der Waals surface area contributed by atoms with Gasteiger partial charge in [-0.25, -0.2) is 9.78 Å². The number of carboxylic acids is 1. The van der Waals surface area contributed by atoms with E-state index in [-0.39, 0.29) is 29.9 Å². The second-order valence-electron chi connectivity index (χ2n) is 8.34. The first-order chi connectivity index (χ1) is 18.8. The van der Waals surface area contributed by atoms with E-state index in [1.54, 1.807) is 18.3 Å². The molecule has 2 aromatic carbocycles. The first-order valence-corrected chi connectivity index (χ1v) is 12.7. The molecule has 0 fully saturated rings. The summed E-state index contributed by atoms with van der Waals surface area (Å²) in [4.78, 5) is 41.3. The molecule has 1 heterocycles. The lowest BCUT2D eigenvalue weighted by Gasteiger charge is -2.23. The maximum absolute atomic E-state index is 13.2. The zero-order valence-corrected chi connectivity index (χ0v) is 22.3. The topological polar surface area (TPSA) is 139 Å². The molecule has 4 N–H and O–H groups in total. The normalized spacial score (nSPS) is 12.2. The molecule has 0 radical (unpaired) electrons. The van der Waals surface area contributed by atoms with Gasteiger partial charge >= 0.3 is 12.1 Å². The molecule has 10 nitrogen and oxygen atoms in total. The van der Waals surface area contributed by atoms with Gasteiger partial charge in [0.25, 0.3) is 0 Å². The van der Waals surface area contributed by atoms with Crippen LogP contribution in [0.1, 0.15) is 23.6 Å². The van der Waals surface area contributed by atoms with E-state index in [0.29, 0.717) is 17.9 Å². The minimum absolute atomic E-state index is 0.00424. The Balaban J connectivity index is 1.64. The second-order valence-corrected chi connectivity index (χ2v) is 9.21. The summed E-state index contributed by atoms with van der Waals surface area (Å²) in [5, 5.41) is 18.1. The van der Waals surface area contributed by atoms with Gasteiger partial charge in [-0.15, -0.1) is 0 Å². The molecule has 3 rings (SSSR count). The van der Waals surface area contributed by atoms with Crippen LogP contribution in [0.4, 0.5) is 10.6 Å². The van der Waals surface area contributed by atoms with Gasteiger partial charge in [-0.1, -0.05) is 59.6 Å². The molecule has 206 valence electrons. The smallest absolute Gasteiger partial charge is 0.407 e. The van der Waals surface area contributed by atoms with E-state index in [4.69, 9.17) is 32.7 Å². The third-order valence-electron chi connectivity index (χ3n) is 5.29. The molecule has 0 spiro atoms. The number of anilines is 1. The fraction of sp³-hybridized carbons (Fsp3) is 0.259. The summed E-state index contributed by atoms with van der Waals surface area (Å²) >= 11 is 12.2. The lowest BCUT2D eigenvalue weighted by Crippen LogP contribution is -2.50. The van der Waals surface area contributed by atoms with Gasteiger partial charge in [0.05, 0.1) is 32.2 Å². The van der Waals surface area contributed by atoms with E-state index in [1.807, 2.05) is 36.4 Å². The first kappa shape index (κ1) is 29.7. The Morgan fingerprint density at radius 2 is 1.67 bits per heavy atom. The fourth-order valence-corrected chi connectivity index (χ4v) is 4.04. The number of ether oxygens (including phenoxy) is 2. The number of carbonyl (C=O) groups is 3. The Bertz CT molecular complexity index is 1210. The number of aromatic nitrogens is 1. The van der Waals surface area contributed by atoms with Crippen LogP contribution in [0, 0.1) is 0 Å². The summed E-state index contributed by atoms with van der Waals surface area (Å²) in [5.74, 6) is -1.20. The zero-order chi connectivity index (χ0) is 28.0. The van der Waals surface area contributed by atoms with Crippen LogP contribution in [0.25, 0.3) is 0 Å². The molecule has 39 heavy (non-hydrogen) atoms. The van der Waals surface area contributed by atoms with Crippen LogP contribution in [-0.4, -0.2) is 53.9 Å². The molecule has 2 atom stereocenters. The van der Waals surface area contributed by atoms with E-state index >= 15 is 0 Å². The van der Waals surface area contributed by atoms with Crippen molar-refractivity contribution in [1.82, 2.24) is 15.6 Å². The number of hydrogen-bond acceptors (Lipinski definition) is 7. The number of hydrogen-bond donors (Lipinski definition) is 4. The Morgan fingerprint density at radius 1 is 0.949 bits per heavy atom. The summed E-state index contributed by atoms with van der Waals surface area (Å²) in [7, 11) is 0. The monoisotopic (exact) mass is 574 g/mol. The second kappa shape index (κ2) is 15.5. The summed E-state index contributed by atoms with van der Waals surface area (Å²) < 4.78 is 10.9. The average molecular weight is 575 g/mol. The molecule has 12 heteroatoms. The number of benzene rings is 2. The van der Waals surface area contributed by atoms with Crippen molar-refractivity contribution < 1.29 is 29.0 Å². The predicted molar refractivity (Wildman–Crippen MR) is 147 cm³/mol. The van der Waals surface area contributed by atoms with E-state index in [1.165, 1.54) is 18.2 Å². The molecule has 2 unspecified atom stereocenters. The lowest BCUT2D eigenvalue weighted by molar-refractivity contribution is -0.138. The maximum Gasteiger partial charge on any atom is 0.407 e. The molecule has 2 amide bonds. The quantitative estimate of drug-likeness (QED) is 0.207. The SMILES string of the molecule is O=C(O)CC(NC(=O)C(COCc1ccccc1)NC(=O)OCCNc1ccccn1)c1cc(Cl)cc(Cl)c1. The molecular formula is C27H28Cl2N4O6. The summed E-state index contributed by atoms with van der Waals surface area (Å²) in [6.45, 7) is 0.294. The third kappa shape index (κ3) is 10.8. The number of halogens is 2. The van der Waals surface area contributed by atoms with Crippen LogP contribution < -0.4 is 16.0 Å². The Kier molecular flexibility index (Phi) is 11.8. The Morgan fingerprint density at radius 3 is 2.33 bits per heavy atom. The number of carbonyl (C=O) groups excluding carboxylic acids is 2. The minimum atomic E-state index is -1.18. The van der Waals surface area contributed by atoms with Crippen molar-refractivity contribution in [1.29, 1.82) is 0 Å². The van der Waals surface area contributed by atoms with Crippen molar-refractivity contribution in [3.63, 3.8) is 0 Å². The van der Waals surface area contributed by atoms with Crippen LogP contribution in [-0.2, 0) is 25.7 Å². The van der Waals surface area contributed by atoms with Crippen molar-refractivity contribution in [3.05, 3.63) is 94.1 Å². The standard InChI is InChI=1S/C27H28Cl2N4O6/c28-20-12-19(13-21(29)14-20)22(15-25(34)35)32-26(36)23(17-38-16-18-6-2-1-3-7-18)33-27(37)39-11-10-31-24-8-4-5-9-30-24/h1-9,12-14,22-23H,10-11,15-17H2,(H,30,31)(H,32,36)(H,33,37)(H,34,35). The van der Waals surface area contributed by atoms with Crippen LogP contribution in [0.15, 0.2) is 72.9 Å². The van der Waals surface area contributed by atoms with Crippen molar-refractivity contribution in [2.75, 3.05) is 25.1 Å². The predicted octanol–water partition coefficient (Wildman–Crippen LogP) is 4.44. The molecule has 1 aromatic heterocycles. The number of aliphatic carboxylic acids is 1. The van der Waals surface area contributed by atoms with Crippen LogP contribution in [0.3, 0.4) is 0 Å². The molecule has 0 saturated carbocycles. The summed E-state index contributed by atoms with van der Waals surface area (Å²) in [6, 6.07) is 17.0. The average Bonchev–Trinajstić information content (AvgIpc) is 2.90. The number of nitrogens with zero attached hydrogens (tertiary/aromatic N) is 1. The number of amides is 2. The van der Waals surface area contributed by atoms with E-state index < -0.39 is 36.5 Å². The molecule has 0 bridgehead atoms. The van der Waals surface area contributed by atoms with Gasteiger partial charge in [-0.3, -0.25) is 9.59 Å². The maximum atomic E-state index is 13.2. The highest BCUT2D eigenvalue weighted by atomic mass is 35.5. The van der Waals surface area contributed by atoms with Crippen molar-refractivity contribution in [2.45, 2.75) is 25.1 Å². The molecule has 0 aliphatic rings. The van der Waals surface area contributed by atoms with Crippen molar-refractivity contribution in [2.24, 2.45) is 0 Å². The third-order valence-corrected chi connectivity index (χ3v) is 5.73.